The van der Waals surface area contributed by atoms with Crippen LogP contribution in [-0.4, -0.2) is 76.9 Å². The molecular formula is C22H25N7OS. The number of aliphatic imine (C=N–C) groups is 1. The number of morpholine rings is 1. The second-order valence-corrected chi connectivity index (χ2v) is 9.32. The standard InChI is InChI=1S/C22H25N7OS/c1-2-29(4-3-28-5-7-30-8-6-28)13-19-17(1)20-21(25-14-26-22(20)31-19)27-16-9-15-10-23-12-18(15)24-11-16/h9-11,14H,1-8,12-13H2,(H,25,26,27). The quantitative estimate of drug-likeness (QED) is 0.659. The number of anilines is 2. The molecule has 0 unspecified atom stereocenters. The zero-order valence-corrected chi connectivity index (χ0v) is 18.2. The molecule has 3 aromatic rings. The van der Waals surface area contributed by atoms with E-state index in [4.69, 9.17) is 4.74 Å². The highest BCUT2D eigenvalue weighted by atomic mass is 32.1. The Morgan fingerprint density at radius 2 is 1.97 bits per heavy atom. The van der Waals surface area contributed by atoms with Crippen molar-refractivity contribution >= 4 is 39.3 Å². The molecule has 0 bridgehead atoms. The second kappa shape index (κ2) is 8.23. The van der Waals surface area contributed by atoms with Gasteiger partial charge in [-0.05, 0) is 18.1 Å². The maximum atomic E-state index is 5.46. The Kier molecular flexibility index (Phi) is 5.11. The molecule has 0 aromatic carbocycles. The summed E-state index contributed by atoms with van der Waals surface area (Å²) in [5, 5.41) is 4.66. The van der Waals surface area contributed by atoms with Gasteiger partial charge in [-0.15, -0.1) is 11.3 Å². The molecule has 9 heteroatoms. The predicted octanol–water partition coefficient (Wildman–Crippen LogP) is 2.45. The number of ether oxygens (including phenoxy) is 1. The van der Waals surface area contributed by atoms with Gasteiger partial charge in [0, 0.05) is 55.9 Å². The molecule has 0 aliphatic carbocycles. The van der Waals surface area contributed by atoms with E-state index >= 15 is 0 Å². The van der Waals surface area contributed by atoms with Gasteiger partial charge in [-0.25, -0.2) is 9.97 Å². The molecule has 3 aromatic heterocycles. The molecule has 3 aliphatic rings. The molecule has 160 valence electrons. The van der Waals surface area contributed by atoms with Gasteiger partial charge in [-0.2, -0.15) is 0 Å². The third kappa shape index (κ3) is 3.82. The first-order chi connectivity index (χ1) is 15.3. The van der Waals surface area contributed by atoms with Crippen LogP contribution < -0.4 is 5.32 Å². The van der Waals surface area contributed by atoms with Crippen LogP contribution in [0.5, 0.6) is 0 Å². The van der Waals surface area contributed by atoms with E-state index in [-0.39, 0.29) is 0 Å². The van der Waals surface area contributed by atoms with Gasteiger partial charge in [-0.3, -0.25) is 19.8 Å². The molecule has 8 nitrogen and oxygen atoms in total. The summed E-state index contributed by atoms with van der Waals surface area (Å²) in [6, 6.07) is 2.10. The summed E-state index contributed by atoms with van der Waals surface area (Å²) in [7, 11) is 0. The SMILES string of the molecule is C1=NCc2ncc(Nc3ncnc4sc5c(c34)CCN(CCN3CCOCC3)C5)cc21. The minimum atomic E-state index is 0.674. The minimum absolute atomic E-state index is 0.674. The normalized spacial score (nSPS) is 19.0. The zero-order chi connectivity index (χ0) is 20.6. The molecule has 0 atom stereocenters. The number of nitrogens with zero attached hydrogens (tertiary/aromatic N) is 6. The van der Waals surface area contributed by atoms with Gasteiger partial charge in [0.05, 0.1) is 42.7 Å². The highest BCUT2D eigenvalue weighted by molar-refractivity contribution is 7.19. The number of fused-ring (bicyclic) bond motifs is 4. The van der Waals surface area contributed by atoms with E-state index in [9.17, 15) is 0 Å². The molecule has 0 spiro atoms. The fourth-order valence-electron chi connectivity index (χ4n) is 4.56. The van der Waals surface area contributed by atoms with Crippen LogP contribution in [0.25, 0.3) is 10.2 Å². The highest BCUT2D eigenvalue weighted by Gasteiger charge is 2.24. The number of hydrogen-bond acceptors (Lipinski definition) is 9. The van der Waals surface area contributed by atoms with Crippen molar-refractivity contribution in [2.45, 2.75) is 19.5 Å². The number of hydrogen-bond donors (Lipinski definition) is 1. The average molecular weight is 436 g/mol. The molecule has 0 saturated carbocycles. The van der Waals surface area contributed by atoms with Gasteiger partial charge in [-0.1, -0.05) is 0 Å². The monoisotopic (exact) mass is 435 g/mol. The van der Waals surface area contributed by atoms with Crippen LogP contribution in [0.3, 0.4) is 0 Å². The molecule has 3 aliphatic heterocycles. The molecule has 1 saturated heterocycles. The number of rotatable bonds is 5. The Labute approximate surface area is 185 Å². The first-order valence-corrected chi connectivity index (χ1v) is 11.7. The van der Waals surface area contributed by atoms with Crippen LogP contribution in [-0.2, 0) is 24.2 Å². The molecule has 1 fully saturated rings. The van der Waals surface area contributed by atoms with Crippen LogP contribution in [0, 0.1) is 0 Å². The molecule has 0 radical (unpaired) electrons. The Hall–Kier alpha value is -2.46. The van der Waals surface area contributed by atoms with Crippen molar-refractivity contribution < 1.29 is 4.74 Å². The van der Waals surface area contributed by atoms with Crippen LogP contribution >= 0.6 is 11.3 Å². The molecule has 0 amide bonds. The summed E-state index contributed by atoms with van der Waals surface area (Å²) < 4.78 is 5.46. The lowest BCUT2D eigenvalue weighted by Crippen LogP contribution is -2.42. The van der Waals surface area contributed by atoms with Gasteiger partial charge in [0.15, 0.2) is 0 Å². The first kappa shape index (κ1) is 19.2. The fourth-order valence-corrected chi connectivity index (χ4v) is 5.79. The van der Waals surface area contributed by atoms with Crippen LogP contribution in [0.1, 0.15) is 21.7 Å². The Morgan fingerprint density at radius 3 is 2.90 bits per heavy atom. The zero-order valence-electron chi connectivity index (χ0n) is 17.4. The van der Waals surface area contributed by atoms with Gasteiger partial charge in [0.2, 0.25) is 0 Å². The number of nitrogens with one attached hydrogen (secondary N) is 1. The van der Waals surface area contributed by atoms with Crippen LogP contribution in [0.2, 0.25) is 0 Å². The first-order valence-electron chi connectivity index (χ1n) is 10.9. The Bertz CT molecular complexity index is 1140. The van der Waals surface area contributed by atoms with Crippen molar-refractivity contribution in [2.24, 2.45) is 4.99 Å². The van der Waals surface area contributed by atoms with E-state index in [1.165, 1.54) is 15.8 Å². The number of aromatic nitrogens is 3. The lowest BCUT2D eigenvalue weighted by molar-refractivity contribution is 0.0327. The Morgan fingerprint density at radius 1 is 1.06 bits per heavy atom. The summed E-state index contributed by atoms with van der Waals surface area (Å²) in [5.74, 6) is 0.876. The number of thiophene rings is 1. The maximum Gasteiger partial charge on any atom is 0.142 e. The van der Waals surface area contributed by atoms with Crippen molar-refractivity contribution in [3.8, 4) is 0 Å². The summed E-state index contributed by atoms with van der Waals surface area (Å²) in [6.07, 6.45) is 6.45. The third-order valence-corrected chi connectivity index (χ3v) is 7.41. The summed E-state index contributed by atoms with van der Waals surface area (Å²) in [6.45, 7) is 8.80. The summed E-state index contributed by atoms with van der Waals surface area (Å²) in [4.78, 5) is 25.6. The van der Waals surface area contributed by atoms with E-state index in [1.54, 1.807) is 17.7 Å². The molecule has 1 N–H and O–H groups in total. The second-order valence-electron chi connectivity index (χ2n) is 8.24. The lowest BCUT2D eigenvalue weighted by atomic mass is 10.0. The van der Waals surface area contributed by atoms with Crippen molar-refractivity contribution in [3.63, 3.8) is 0 Å². The predicted molar refractivity (Wildman–Crippen MR) is 122 cm³/mol. The van der Waals surface area contributed by atoms with Crippen molar-refractivity contribution in [1.82, 2.24) is 24.8 Å². The summed E-state index contributed by atoms with van der Waals surface area (Å²) in [5.41, 5.74) is 4.46. The van der Waals surface area contributed by atoms with Gasteiger partial charge in [0.25, 0.3) is 0 Å². The van der Waals surface area contributed by atoms with Crippen molar-refractivity contribution in [2.75, 3.05) is 51.3 Å². The van der Waals surface area contributed by atoms with E-state index in [1.807, 2.05) is 12.4 Å². The van der Waals surface area contributed by atoms with E-state index in [2.05, 4.69) is 41.1 Å². The Balaban J connectivity index is 1.21. The van der Waals surface area contributed by atoms with Gasteiger partial charge >= 0.3 is 0 Å². The third-order valence-electron chi connectivity index (χ3n) is 6.29. The van der Waals surface area contributed by atoms with Crippen molar-refractivity contribution in [1.29, 1.82) is 0 Å². The molecular weight excluding hydrogens is 410 g/mol. The number of pyridine rings is 1. The van der Waals surface area contributed by atoms with Crippen molar-refractivity contribution in [3.05, 3.63) is 40.3 Å². The molecule has 6 heterocycles. The van der Waals surface area contributed by atoms with E-state index in [0.717, 1.165) is 86.5 Å². The van der Waals surface area contributed by atoms with Crippen LogP contribution in [0.15, 0.2) is 23.6 Å². The van der Waals surface area contributed by atoms with Crippen LogP contribution in [0.4, 0.5) is 11.5 Å². The average Bonchev–Trinajstić information content (AvgIpc) is 3.42. The topological polar surface area (TPSA) is 78.8 Å². The van der Waals surface area contributed by atoms with E-state index in [0.29, 0.717) is 6.54 Å². The van der Waals surface area contributed by atoms with Gasteiger partial charge < -0.3 is 10.1 Å². The molecule has 31 heavy (non-hydrogen) atoms. The minimum Gasteiger partial charge on any atom is -0.379 e. The smallest absolute Gasteiger partial charge is 0.142 e. The van der Waals surface area contributed by atoms with Gasteiger partial charge in [0.1, 0.15) is 17.0 Å². The largest absolute Gasteiger partial charge is 0.379 e. The lowest BCUT2D eigenvalue weighted by Gasteiger charge is -2.31. The van der Waals surface area contributed by atoms with E-state index < -0.39 is 0 Å². The maximum absolute atomic E-state index is 5.46. The fraction of sp³-hybridized carbons (Fsp3) is 0.455. The summed E-state index contributed by atoms with van der Waals surface area (Å²) >= 11 is 1.81. The highest BCUT2D eigenvalue weighted by Crippen LogP contribution is 2.38. The molecule has 6 rings (SSSR count).